The minimum absolute atomic E-state index is 0.0808. The smallest absolute Gasteiger partial charge is 0.417 e. The van der Waals surface area contributed by atoms with Gasteiger partial charge >= 0.3 is 6.18 Å². The number of halogens is 3. The van der Waals surface area contributed by atoms with E-state index in [9.17, 15) is 26.4 Å². The molecule has 10 heteroatoms. The summed E-state index contributed by atoms with van der Waals surface area (Å²) in [6.07, 6.45) is -2.14. The van der Waals surface area contributed by atoms with E-state index in [0.717, 1.165) is 22.5 Å². The summed E-state index contributed by atoms with van der Waals surface area (Å²) < 4.78 is 70.5. The van der Waals surface area contributed by atoms with Crippen molar-refractivity contribution in [3.8, 4) is 0 Å². The van der Waals surface area contributed by atoms with Gasteiger partial charge in [-0.2, -0.15) is 17.5 Å². The molecule has 0 aliphatic carbocycles. The third-order valence-corrected chi connectivity index (χ3v) is 6.06. The van der Waals surface area contributed by atoms with E-state index in [1.807, 2.05) is 0 Å². The van der Waals surface area contributed by atoms with Crippen LogP contribution < -0.4 is 0 Å². The molecule has 1 aliphatic heterocycles. The second-order valence-electron chi connectivity index (χ2n) is 5.70. The number of sulfonamides is 1. The minimum atomic E-state index is -4.78. The van der Waals surface area contributed by atoms with E-state index in [2.05, 4.69) is 0 Å². The van der Waals surface area contributed by atoms with Gasteiger partial charge in [-0.05, 0) is 18.2 Å². The van der Waals surface area contributed by atoms with Crippen LogP contribution in [0.15, 0.2) is 52.2 Å². The molecule has 0 N–H and O–H groups in total. The summed E-state index contributed by atoms with van der Waals surface area (Å²) >= 11 is 0. The van der Waals surface area contributed by atoms with E-state index in [1.54, 1.807) is 0 Å². The number of hydrogen-bond donors (Lipinski definition) is 0. The number of alkyl halides is 3. The van der Waals surface area contributed by atoms with Gasteiger partial charge in [0.2, 0.25) is 10.0 Å². The Morgan fingerprint density at radius 3 is 2.27 bits per heavy atom. The topological polar surface area (TPSA) is 70.8 Å². The lowest BCUT2D eigenvalue weighted by atomic mass is 10.2. The molecule has 1 amide bonds. The normalized spacial score (nSPS) is 16.7. The number of carbonyl (C=O) groups excluding carboxylic acids is 1. The number of nitrogens with zero attached hydrogens (tertiary/aromatic N) is 2. The third-order valence-electron chi connectivity index (χ3n) is 4.10. The van der Waals surface area contributed by atoms with Gasteiger partial charge in [0.25, 0.3) is 5.91 Å². The van der Waals surface area contributed by atoms with Crippen LogP contribution in [0, 0.1) is 0 Å². The first-order valence-electron chi connectivity index (χ1n) is 7.69. The standard InChI is InChI=1S/C16H15F3N2O4S/c17-16(18,19)13-3-1-2-4-14(13)26(23,24)21-8-6-20(7-9-21)15(22)12-5-10-25-11-12/h1-5,10-11H,6-9H2. The fraction of sp³-hybridized carbons (Fsp3) is 0.312. The van der Waals surface area contributed by atoms with E-state index in [-0.39, 0.29) is 32.1 Å². The summed E-state index contributed by atoms with van der Waals surface area (Å²) in [7, 11) is -4.32. The molecule has 2 aromatic rings. The molecule has 0 spiro atoms. The average Bonchev–Trinajstić information content (AvgIpc) is 3.15. The maximum absolute atomic E-state index is 13.1. The van der Waals surface area contributed by atoms with E-state index in [4.69, 9.17) is 4.42 Å². The first-order valence-corrected chi connectivity index (χ1v) is 9.13. The summed E-state index contributed by atoms with van der Waals surface area (Å²) in [4.78, 5) is 12.9. The zero-order valence-electron chi connectivity index (χ0n) is 13.4. The van der Waals surface area contributed by atoms with Crippen LogP contribution in [-0.4, -0.2) is 49.7 Å². The summed E-state index contributed by atoms with van der Waals surface area (Å²) in [5, 5.41) is 0. The molecule has 1 aromatic heterocycles. The van der Waals surface area contributed by atoms with Crippen molar-refractivity contribution >= 4 is 15.9 Å². The quantitative estimate of drug-likeness (QED) is 0.810. The highest BCUT2D eigenvalue weighted by Crippen LogP contribution is 2.35. The van der Waals surface area contributed by atoms with Crippen LogP contribution in [0.25, 0.3) is 0 Å². The lowest BCUT2D eigenvalue weighted by Crippen LogP contribution is -2.50. The van der Waals surface area contributed by atoms with Gasteiger partial charge in [-0.15, -0.1) is 0 Å². The van der Waals surface area contributed by atoms with Gasteiger partial charge in [-0.3, -0.25) is 4.79 Å². The van der Waals surface area contributed by atoms with Gasteiger partial charge < -0.3 is 9.32 Å². The molecule has 0 unspecified atom stereocenters. The molecular formula is C16H15F3N2O4S. The summed E-state index contributed by atoms with van der Waals surface area (Å²) in [6, 6.07) is 5.57. The molecule has 1 aromatic carbocycles. The monoisotopic (exact) mass is 388 g/mol. The van der Waals surface area contributed by atoms with Crippen LogP contribution in [0.4, 0.5) is 13.2 Å². The number of furan rings is 1. The SMILES string of the molecule is O=C(c1ccoc1)N1CCN(S(=O)(=O)c2ccccc2C(F)(F)F)CC1. The highest BCUT2D eigenvalue weighted by molar-refractivity contribution is 7.89. The molecule has 1 aliphatic rings. The van der Waals surface area contributed by atoms with Crippen molar-refractivity contribution in [2.75, 3.05) is 26.2 Å². The van der Waals surface area contributed by atoms with Crippen molar-refractivity contribution < 1.29 is 30.8 Å². The van der Waals surface area contributed by atoms with Crippen molar-refractivity contribution in [2.45, 2.75) is 11.1 Å². The largest absolute Gasteiger partial charge is 0.472 e. The molecule has 1 fully saturated rings. The maximum atomic E-state index is 13.1. The fourth-order valence-electron chi connectivity index (χ4n) is 2.77. The van der Waals surface area contributed by atoms with E-state index >= 15 is 0 Å². The number of piperazine rings is 1. The molecule has 3 rings (SSSR count). The summed E-state index contributed by atoms with van der Waals surface area (Å²) in [5.41, 5.74) is -0.861. The van der Waals surface area contributed by atoms with Crippen LogP contribution >= 0.6 is 0 Å². The van der Waals surface area contributed by atoms with Gasteiger partial charge in [-0.25, -0.2) is 8.42 Å². The second kappa shape index (κ2) is 6.76. The number of amides is 1. The number of rotatable bonds is 3. The van der Waals surface area contributed by atoms with Crippen molar-refractivity contribution in [1.82, 2.24) is 9.21 Å². The summed E-state index contributed by atoms with van der Waals surface area (Å²) in [6.45, 7) is -0.00884. The Labute approximate surface area is 147 Å². The Kier molecular flexibility index (Phi) is 4.80. The Hall–Kier alpha value is -2.33. The molecule has 6 nitrogen and oxygen atoms in total. The molecule has 2 heterocycles. The van der Waals surface area contributed by atoms with Crippen LogP contribution in [0.3, 0.4) is 0 Å². The van der Waals surface area contributed by atoms with Gasteiger partial charge in [0, 0.05) is 26.2 Å². The molecule has 140 valence electrons. The van der Waals surface area contributed by atoms with Crippen molar-refractivity contribution in [2.24, 2.45) is 0 Å². The van der Waals surface area contributed by atoms with Crippen LogP contribution in [0.1, 0.15) is 15.9 Å². The van der Waals surface area contributed by atoms with Crippen molar-refractivity contribution in [1.29, 1.82) is 0 Å². The molecule has 26 heavy (non-hydrogen) atoms. The van der Waals surface area contributed by atoms with Crippen molar-refractivity contribution in [3.05, 3.63) is 54.0 Å². The van der Waals surface area contributed by atoms with Crippen LogP contribution in [-0.2, 0) is 16.2 Å². The highest BCUT2D eigenvalue weighted by atomic mass is 32.2. The first kappa shape index (κ1) is 18.5. The van der Waals surface area contributed by atoms with Gasteiger partial charge in [0.1, 0.15) is 6.26 Å². The first-order chi connectivity index (χ1) is 12.2. The second-order valence-corrected chi connectivity index (χ2v) is 7.61. The third kappa shape index (κ3) is 3.47. The molecule has 0 radical (unpaired) electrons. The van der Waals surface area contributed by atoms with Gasteiger partial charge in [-0.1, -0.05) is 12.1 Å². The predicted octanol–water partition coefficient (Wildman–Crippen LogP) is 2.45. The highest BCUT2D eigenvalue weighted by Gasteiger charge is 2.39. The van der Waals surface area contributed by atoms with Crippen molar-refractivity contribution in [3.63, 3.8) is 0 Å². The summed E-state index contributed by atoms with van der Waals surface area (Å²) in [5.74, 6) is -0.313. The lowest BCUT2D eigenvalue weighted by molar-refractivity contribution is -0.139. The molecule has 0 bridgehead atoms. The van der Waals surface area contributed by atoms with E-state index in [1.165, 1.54) is 29.6 Å². The van der Waals surface area contributed by atoms with Gasteiger partial charge in [0.05, 0.1) is 22.3 Å². The number of carbonyl (C=O) groups is 1. The predicted molar refractivity (Wildman–Crippen MR) is 84.8 cm³/mol. The molecule has 0 atom stereocenters. The zero-order valence-corrected chi connectivity index (χ0v) is 14.3. The molecular weight excluding hydrogens is 373 g/mol. The zero-order chi connectivity index (χ0) is 18.9. The number of hydrogen-bond acceptors (Lipinski definition) is 4. The Balaban J connectivity index is 1.78. The molecule has 0 saturated carbocycles. The van der Waals surface area contributed by atoms with Crippen LogP contribution in [0.2, 0.25) is 0 Å². The molecule has 1 saturated heterocycles. The van der Waals surface area contributed by atoms with Gasteiger partial charge in [0.15, 0.2) is 0 Å². The Morgan fingerprint density at radius 2 is 1.69 bits per heavy atom. The Morgan fingerprint density at radius 1 is 1.04 bits per heavy atom. The lowest BCUT2D eigenvalue weighted by Gasteiger charge is -2.34. The van der Waals surface area contributed by atoms with E-state index < -0.39 is 26.7 Å². The van der Waals surface area contributed by atoms with Crippen LogP contribution in [0.5, 0.6) is 0 Å². The maximum Gasteiger partial charge on any atom is 0.417 e. The minimum Gasteiger partial charge on any atom is -0.472 e. The average molecular weight is 388 g/mol. The van der Waals surface area contributed by atoms with E-state index in [0.29, 0.717) is 5.56 Å². The fourth-order valence-corrected chi connectivity index (χ4v) is 4.40. The number of benzene rings is 1. The Bertz CT molecular complexity index is 886.